The molecule has 1 aliphatic heterocycles. The third-order valence-corrected chi connectivity index (χ3v) is 3.66. The highest BCUT2D eigenvalue weighted by atomic mass is 16.5. The third kappa shape index (κ3) is 3.35. The van der Waals surface area contributed by atoms with Crippen molar-refractivity contribution in [3.05, 3.63) is 0 Å². The number of carboxylic acids is 1. The average molecular weight is 256 g/mol. The van der Waals surface area contributed by atoms with E-state index in [2.05, 4.69) is 10.6 Å². The second kappa shape index (κ2) is 5.56. The number of aliphatic carboxylic acids is 1. The van der Waals surface area contributed by atoms with Crippen LogP contribution in [0.5, 0.6) is 0 Å². The van der Waals surface area contributed by atoms with Crippen LogP contribution in [0.1, 0.15) is 32.1 Å². The van der Waals surface area contributed by atoms with Gasteiger partial charge in [-0.15, -0.1) is 0 Å². The first-order chi connectivity index (χ1) is 8.62. The molecular weight excluding hydrogens is 236 g/mol. The summed E-state index contributed by atoms with van der Waals surface area (Å²) in [6, 6.07) is -0.309. The molecule has 1 unspecified atom stereocenters. The first-order valence-corrected chi connectivity index (χ1v) is 6.49. The number of carbonyl (C=O) groups excluding carboxylic acids is 1. The Hall–Kier alpha value is -1.30. The molecule has 0 bridgehead atoms. The summed E-state index contributed by atoms with van der Waals surface area (Å²) in [5.74, 6) is -0.821. The van der Waals surface area contributed by atoms with Gasteiger partial charge in [0.15, 0.2) is 0 Å². The number of urea groups is 1. The van der Waals surface area contributed by atoms with Gasteiger partial charge in [-0.25, -0.2) is 4.79 Å². The molecule has 1 heterocycles. The molecule has 2 aliphatic rings. The summed E-state index contributed by atoms with van der Waals surface area (Å²) < 4.78 is 5.49. The Morgan fingerprint density at radius 2 is 2.06 bits per heavy atom. The highest BCUT2D eigenvalue weighted by Crippen LogP contribution is 2.45. The second-order valence-corrected chi connectivity index (χ2v) is 5.14. The monoisotopic (exact) mass is 256 g/mol. The molecule has 0 radical (unpaired) electrons. The van der Waals surface area contributed by atoms with E-state index in [1.54, 1.807) is 0 Å². The zero-order valence-electron chi connectivity index (χ0n) is 10.4. The van der Waals surface area contributed by atoms with Crippen LogP contribution < -0.4 is 10.6 Å². The summed E-state index contributed by atoms with van der Waals surface area (Å²) in [5.41, 5.74) is -0.710. The standard InChI is InChI=1S/C12H20N2O4/c15-10(16)12(4-5-12)8-14-11(17)13-7-9-3-1-2-6-18-9/h9H,1-8H2,(H,15,16)(H2,13,14,17). The summed E-state index contributed by atoms with van der Waals surface area (Å²) in [7, 11) is 0. The van der Waals surface area contributed by atoms with Gasteiger partial charge in [-0.3, -0.25) is 4.79 Å². The first-order valence-electron chi connectivity index (χ1n) is 6.49. The van der Waals surface area contributed by atoms with Gasteiger partial charge in [0.05, 0.1) is 11.5 Å². The second-order valence-electron chi connectivity index (χ2n) is 5.14. The molecule has 18 heavy (non-hydrogen) atoms. The zero-order chi connectivity index (χ0) is 13.0. The molecule has 2 rings (SSSR count). The van der Waals surface area contributed by atoms with Crippen molar-refractivity contribution in [2.75, 3.05) is 19.7 Å². The average Bonchev–Trinajstić information content (AvgIpc) is 3.16. The molecule has 1 saturated carbocycles. The Morgan fingerprint density at radius 3 is 2.61 bits per heavy atom. The predicted molar refractivity (Wildman–Crippen MR) is 64.3 cm³/mol. The Kier molecular flexibility index (Phi) is 4.06. The molecular formula is C12H20N2O4. The molecule has 1 aliphatic carbocycles. The molecule has 1 atom stereocenters. The molecule has 0 aromatic carbocycles. The molecule has 102 valence electrons. The van der Waals surface area contributed by atoms with E-state index in [1.165, 1.54) is 0 Å². The van der Waals surface area contributed by atoms with Crippen LogP contribution in [0.2, 0.25) is 0 Å². The molecule has 6 heteroatoms. The van der Waals surface area contributed by atoms with Crippen LogP contribution in [-0.4, -0.2) is 42.9 Å². The van der Waals surface area contributed by atoms with E-state index >= 15 is 0 Å². The van der Waals surface area contributed by atoms with Crippen molar-refractivity contribution in [3.8, 4) is 0 Å². The number of carbonyl (C=O) groups is 2. The fourth-order valence-electron chi connectivity index (χ4n) is 2.10. The summed E-state index contributed by atoms with van der Waals surface area (Å²) in [6.45, 7) is 1.46. The van der Waals surface area contributed by atoms with Crippen molar-refractivity contribution >= 4 is 12.0 Å². The van der Waals surface area contributed by atoms with Crippen molar-refractivity contribution < 1.29 is 19.4 Å². The van der Waals surface area contributed by atoms with Crippen LogP contribution in [0.15, 0.2) is 0 Å². The van der Waals surface area contributed by atoms with Gasteiger partial charge in [0, 0.05) is 19.7 Å². The van der Waals surface area contributed by atoms with Gasteiger partial charge in [-0.05, 0) is 32.1 Å². The highest BCUT2D eigenvalue weighted by molar-refractivity contribution is 5.80. The molecule has 2 amide bonds. The van der Waals surface area contributed by atoms with Gasteiger partial charge in [0.1, 0.15) is 0 Å². The molecule has 0 aromatic heterocycles. The maximum Gasteiger partial charge on any atom is 0.314 e. The summed E-state index contributed by atoms with van der Waals surface area (Å²) >= 11 is 0. The third-order valence-electron chi connectivity index (χ3n) is 3.66. The maximum atomic E-state index is 11.5. The highest BCUT2D eigenvalue weighted by Gasteiger charge is 2.50. The van der Waals surface area contributed by atoms with Gasteiger partial charge in [0.2, 0.25) is 0 Å². The molecule has 2 fully saturated rings. The fraction of sp³-hybridized carbons (Fsp3) is 0.833. The molecule has 0 spiro atoms. The lowest BCUT2D eigenvalue weighted by Crippen LogP contribution is -2.44. The molecule has 1 saturated heterocycles. The number of nitrogens with one attached hydrogen (secondary N) is 2. The van der Waals surface area contributed by atoms with Crippen LogP contribution in [0.3, 0.4) is 0 Å². The van der Waals surface area contributed by atoms with Crippen LogP contribution >= 0.6 is 0 Å². The first kappa shape index (κ1) is 13.1. The Labute approximate surface area is 106 Å². The normalized spacial score (nSPS) is 25.2. The number of hydrogen-bond acceptors (Lipinski definition) is 3. The van der Waals surface area contributed by atoms with Crippen molar-refractivity contribution in [1.82, 2.24) is 10.6 Å². The zero-order valence-corrected chi connectivity index (χ0v) is 10.4. The Bertz CT molecular complexity index is 322. The largest absolute Gasteiger partial charge is 0.481 e. The van der Waals surface area contributed by atoms with Crippen LogP contribution in [0, 0.1) is 5.41 Å². The van der Waals surface area contributed by atoms with Crippen molar-refractivity contribution in [2.24, 2.45) is 5.41 Å². The topological polar surface area (TPSA) is 87.7 Å². The summed E-state index contributed by atoms with van der Waals surface area (Å²) in [6.07, 6.45) is 4.58. The lowest BCUT2D eigenvalue weighted by Gasteiger charge is -2.23. The van der Waals surface area contributed by atoms with E-state index in [1.807, 2.05) is 0 Å². The predicted octanol–water partition coefficient (Wildman–Crippen LogP) is 0.719. The smallest absolute Gasteiger partial charge is 0.314 e. The maximum absolute atomic E-state index is 11.5. The van der Waals surface area contributed by atoms with Gasteiger partial charge in [-0.1, -0.05) is 0 Å². The minimum absolute atomic E-state index is 0.0962. The molecule has 0 aromatic rings. The van der Waals surface area contributed by atoms with Gasteiger partial charge >= 0.3 is 12.0 Å². The minimum Gasteiger partial charge on any atom is -0.481 e. The van der Waals surface area contributed by atoms with E-state index in [-0.39, 0.29) is 18.7 Å². The van der Waals surface area contributed by atoms with Crippen molar-refractivity contribution in [3.63, 3.8) is 0 Å². The van der Waals surface area contributed by atoms with E-state index in [0.29, 0.717) is 19.4 Å². The number of amides is 2. The van der Waals surface area contributed by atoms with E-state index in [0.717, 1.165) is 25.9 Å². The molecule has 6 nitrogen and oxygen atoms in total. The number of rotatable bonds is 5. The lowest BCUT2D eigenvalue weighted by atomic mass is 10.1. The van der Waals surface area contributed by atoms with Crippen LogP contribution in [-0.2, 0) is 9.53 Å². The van der Waals surface area contributed by atoms with Crippen molar-refractivity contribution in [2.45, 2.75) is 38.2 Å². The number of carboxylic acid groups (broad SMARTS) is 1. The van der Waals surface area contributed by atoms with Gasteiger partial charge in [0.25, 0.3) is 0 Å². The van der Waals surface area contributed by atoms with Gasteiger partial charge < -0.3 is 20.5 Å². The van der Waals surface area contributed by atoms with Crippen LogP contribution in [0.4, 0.5) is 4.79 Å². The number of hydrogen-bond donors (Lipinski definition) is 3. The Balaban J connectivity index is 1.62. The Morgan fingerprint density at radius 1 is 1.28 bits per heavy atom. The lowest BCUT2D eigenvalue weighted by molar-refractivity contribution is -0.143. The number of ether oxygens (including phenoxy) is 1. The minimum atomic E-state index is -0.821. The van der Waals surface area contributed by atoms with E-state index in [4.69, 9.17) is 9.84 Å². The molecule has 3 N–H and O–H groups in total. The fourth-order valence-corrected chi connectivity index (χ4v) is 2.10. The summed E-state index contributed by atoms with van der Waals surface area (Å²) in [5, 5.41) is 14.3. The van der Waals surface area contributed by atoms with Crippen molar-refractivity contribution in [1.29, 1.82) is 0 Å². The SMILES string of the molecule is O=C(NCC1CCCCO1)NCC1(C(=O)O)CC1. The van der Waals surface area contributed by atoms with Crippen LogP contribution in [0.25, 0.3) is 0 Å². The quantitative estimate of drug-likeness (QED) is 0.676. The van der Waals surface area contributed by atoms with Gasteiger partial charge in [-0.2, -0.15) is 0 Å². The van der Waals surface area contributed by atoms with E-state index < -0.39 is 11.4 Å². The van der Waals surface area contributed by atoms with E-state index in [9.17, 15) is 9.59 Å². The summed E-state index contributed by atoms with van der Waals surface area (Å²) in [4.78, 5) is 22.4.